The molecule has 5 nitrogen and oxygen atoms in total. The Balaban J connectivity index is 1.99. The summed E-state index contributed by atoms with van der Waals surface area (Å²) in [5.74, 6) is -1.93. The van der Waals surface area contributed by atoms with Crippen LogP contribution in [0.1, 0.15) is 34.1 Å². The van der Waals surface area contributed by atoms with Crippen LogP contribution in [0.5, 0.6) is 0 Å². The lowest BCUT2D eigenvalue weighted by Gasteiger charge is -2.55. The standard InChI is InChI=1S/C18H22O5/c1-7-5-10(19)17(3)9(7)6-11(20)18(4)12-8(2)14(23-16(12)22)13(21)15(17)18/h6-8,12-15,21H,5H2,1-4H3/t7-,8+,12+,13-,14+,15-,17+,18-/m0/s1. The highest BCUT2D eigenvalue weighted by atomic mass is 16.6. The number of carbonyl (C=O) groups is 3. The van der Waals surface area contributed by atoms with Crippen molar-refractivity contribution >= 4 is 17.5 Å². The van der Waals surface area contributed by atoms with Gasteiger partial charge in [-0.25, -0.2) is 0 Å². The number of esters is 1. The summed E-state index contributed by atoms with van der Waals surface area (Å²) < 4.78 is 5.40. The van der Waals surface area contributed by atoms with Gasteiger partial charge in [0.05, 0.1) is 22.9 Å². The first-order valence-electron chi connectivity index (χ1n) is 8.33. The first-order valence-corrected chi connectivity index (χ1v) is 8.33. The molecule has 2 bridgehead atoms. The monoisotopic (exact) mass is 318 g/mol. The summed E-state index contributed by atoms with van der Waals surface area (Å²) in [6.45, 7) is 7.36. The predicted molar refractivity (Wildman–Crippen MR) is 80.1 cm³/mol. The van der Waals surface area contributed by atoms with Crippen molar-refractivity contribution in [2.75, 3.05) is 0 Å². The normalized spacial score (nSPS) is 54.5. The van der Waals surface area contributed by atoms with E-state index in [0.29, 0.717) is 6.42 Å². The first kappa shape index (κ1) is 15.1. The van der Waals surface area contributed by atoms with Crippen molar-refractivity contribution < 1.29 is 24.2 Å². The number of hydrogen-bond acceptors (Lipinski definition) is 5. The van der Waals surface area contributed by atoms with Crippen LogP contribution in [0.15, 0.2) is 11.6 Å². The lowest BCUT2D eigenvalue weighted by Crippen LogP contribution is -2.64. The van der Waals surface area contributed by atoms with Crippen molar-refractivity contribution in [1.82, 2.24) is 0 Å². The number of Topliss-reactive ketones (excluding diaryl/α,β-unsaturated/α-hetero) is 1. The van der Waals surface area contributed by atoms with Crippen molar-refractivity contribution in [3.8, 4) is 0 Å². The van der Waals surface area contributed by atoms with E-state index in [2.05, 4.69) is 0 Å². The molecule has 3 fully saturated rings. The van der Waals surface area contributed by atoms with Crippen molar-refractivity contribution in [3.05, 3.63) is 11.6 Å². The molecule has 4 rings (SSSR count). The number of ketones is 2. The SMILES string of the molecule is C[C@H]1[C@H]2OC(=O)[C@@H]1[C@]1(C)C(=O)C=C3[C@@H](C)CC(=O)[C@]3(C)[C@@H]1[C@H]2O. The van der Waals surface area contributed by atoms with Gasteiger partial charge in [0, 0.05) is 18.3 Å². The highest BCUT2D eigenvalue weighted by molar-refractivity contribution is 6.05. The third-order valence-corrected chi connectivity index (χ3v) is 7.16. The minimum absolute atomic E-state index is 0.00169. The highest BCUT2D eigenvalue weighted by Crippen LogP contribution is 2.65. The quantitative estimate of drug-likeness (QED) is 0.681. The highest BCUT2D eigenvalue weighted by Gasteiger charge is 2.73. The smallest absolute Gasteiger partial charge is 0.310 e. The molecule has 8 atom stereocenters. The maximum Gasteiger partial charge on any atom is 0.310 e. The zero-order chi connectivity index (χ0) is 16.9. The molecule has 0 spiro atoms. The first-order chi connectivity index (χ1) is 10.6. The summed E-state index contributed by atoms with van der Waals surface area (Å²) in [6, 6.07) is 0. The molecule has 0 amide bonds. The number of aliphatic hydroxyl groups excluding tert-OH is 1. The number of aliphatic hydroxyl groups is 1. The topological polar surface area (TPSA) is 80.7 Å². The predicted octanol–water partition coefficient (Wildman–Crippen LogP) is 1.29. The van der Waals surface area contributed by atoms with E-state index in [-0.39, 0.29) is 23.4 Å². The molecule has 1 saturated heterocycles. The molecular weight excluding hydrogens is 296 g/mol. The second-order valence-corrected chi connectivity index (χ2v) is 8.18. The van der Waals surface area contributed by atoms with E-state index >= 15 is 0 Å². The molecule has 4 aliphatic rings. The maximum atomic E-state index is 13.0. The van der Waals surface area contributed by atoms with Gasteiger partial charge in [-0.2, -0.15) is 0 Å². The fourth-order valence-electron chi connectivity index (χ4n) is 6.09. The lowest BCUT2D eigenvalue weighted by atomic mass is 9.45. The van der Waals surface area contributed by atoms with Crippen LogP contribution in [0.2, 0.25) is 0 Å². The van der Waals surface area contributed by atoms with E-state index in [1.54, 1.807) is 13.0 Å². The van der Waals surface area contributed by atoms with E-state index in [1.165, 1.54) is 0 Å². The van der Waals surface area contributed by atoms with Gasteiger partial charge < -0.3 is 9.84 Å². The fourth-order valence-corrected chi connectivity index (χ4v) is 6.09. The largest absolute Gasteiger partial charge is 0.459 e. The van der Waals surface area contributed by atoms with Crippen LogP contribution in [-0.4, -0.2) is 34.9 Å². The Kier molecular flexibility index (Phi) is 2.70. The molecule has 1 heterocycles. The number of allylic oxidation sites excluding steroid dienone is 2. The minimum atomic E-state index is -1.08. The van der Waals surface area contributed by atoms with Crippen LogP contribution in [-0.2, 0) is 19.1 Å². The average molecular weight is 318 g/mol. The second-order valence-electron chi connectivity index (χ2n) is 8.18. The van der Waals surface area contributed by atoms with Gasteiger partial charge in [0.1, 0.15) is 11.9 Å². The molecule has 0 aromatic rings. The maximum absolute atomic E-state index is 13.0. The van der Waals surface area contributed by atoms with Gasteiger partial charge in [-0.1, -0.05) is 20.8 Å². The van der Waals surface area contributed by atoms with Gasteiger partial charge in [0.2, 0.25) is 0 Å². The second kappa shape index (κ2) is 4.12. The summed E-state index contributed by atoms with van der Waals surface area (Å²) in [5, 5.41) is 11.0. The van der Waals surface area contributed by atoms with Gasteiger partial charge in [-0.3, -0.25) is 14.4 Å². The number of fused-ring (bicyclic) bond motifs is 6. The van der Waals surface area contributed by atoms with Crippen molar-refractivity contribution in [2.24, 2.45) is 34.5 Å². The van der Waals surface area contributed by atoms with E-state index in [9.17, 15) is 19.5 Å². The summed E-state index contributed by atoms with van der Waals surface area (Å²) in [5.41, 5.74) is -1.15. The summed E-state index contributed by atoms with van der Waals surface area (Å²) in [4.78, 5) is 38.2. The van der Waals surface area contributed by atoms with Gasteiger partial charge in [-0.05, 0) is 24.5 Å². The van der Waals surface area contributed by atoms with Crippen LogP contribution in [0, 0.1) is 34.5 Å². The number of hydrogen-bond donors (Lipinski definition) is 1. The number of carbonyl (C=O) groups excluding carboxylic acids is 3. The Morgan fingerprint density at radius 1 is 1.22 bits per heavy atom. The summed E-state index contributed by atoms with van der Waals surface area (Å²) in [6.07, 6.45) is 0.342. The van der Waals surface area contributed by atoms with E-state index < -0.39 is 40.8 Å². The van der Waals surface area contributed by atoms with Gasteiger partial charge in [0.15, 0.2) is 5.78 Å². The average Bonchev–Trinajstić information content (AvgIpc) is 2.83. The molecule has 2 saturated carbocycles. The summed E-state index contributed by atoms with van der Waals surface area (Å²) >= 11 is 0. The zero-order valence-electron chi connectivity index (χ0n) is 13.8. The summed E-state index contributed by atoms with van der Waals surface area (Å²) in [7, 11) is 0. The third kappa shape index (κ3) is 1.41. The number of ether oxygens (including phenoxy) is 1. The molecule has 124 valence electrons. The molecule has 0 aromatic heterocycles. The molecule has 1 aliphatic heterocycles. The molecule has 5 heteroatoms. The van der Waals surface area contributed by atoms with Crippen molar-refractivity contribution in [2.45, 2.75) is 46.3 Å². The Hall–Kier alpha value is -1.49. The Labute approximate surface area is 135 Å². The van der Waals surface area contributed by atoms with Gasteiger partial charge in [0.25, 0.3) is 0 Å². The van der Waals surface area contributed by atoms with Crippen molar-refractivity contribution in [1.29, 1.82) is 0 Å². The van der Waals surface area contributed by atoms with Gasteiger partial charge >= 0.3 is 5.97 Å². The lowest BCUT2D eigenvalue weighted by molar-refractivity contribution is -0.166. The zero-order valence-corrected chi connectivity index (χ0v) is 13.8. The molecule has 23 heavy (non-hydrogen) atoms. The Morgan fingerprint density at radius 2 is 1.87 bits per heavy atom. The van der Waals surface area contributed by atoms with Crippen LogP contribution in [0.4, 0.5) is 0 Å². The van der Waals surface area contributed by atoms with Crippen LogP contribution < -0.4 is 0 Å². The van der Waals surface area contributed by atoms with Crippen LogP contribution >= 0.6 is 0 Å². The van der Waals surface area contributed by atoms with E-state index in [0.717, 1.165) is 5.57 Å². The minimum Gasteiger partial charge on any atom is -0.459 e. The van der Waals surface area contributed by atoms with Crippen molar-refractivity contribution in [3.63, 3.8) is 0 Å². The molecule has 0 aromatic carbocycles. The van der Waals surface area contributed by atoms with Crippen LogP contribution in [0.3, 0.4) is 0 Å². The fraction of sp³-hybridized carbons (Fsp3) is 0.722. The molecule has 3 aliphatic carbocycles. The molecule has 0 unspecified atom stereocenters. The number of rotatable bonds is 0. The van der Waals surface area contributed by atoms with E-state index in [1.807, 2.05) is 20.8 Å². The van der Waals surface area contributed by atoms with E-state index in [4.69, 9.17) is 4.74 Å². The van der Waals surface area contributed by atoms with Gasteiger partial charge in [-0.15, -0.1) is 0 Å². The Bertz CT molecular complexity index is 679. The Morgan fingerprint density at radius 3 is 2.52 bits per heavy atom. The molecule has 1 N–H and O–H groups in total. The third-order valence-electron chi connectivity index (χ3n) is 7.16. The van der Waals surface area contributed by atoms with Crippen LogP contribution in [0.25, 0.3) is 0 Å². The molecular formula is C18H22O5. The molecule has 0 radical (unpaired) electrons.